The van der Waals surface area contributed by atoms with E-state index in [0.29, 0.717) is 31.4 Å². The van der Waals surface area contributed by atoms with Crippen molar-refractivity contribution in [2.45, 2.75) is 19.3 Å². The molecule has 0 bridgehead atoms. The van der Waals surface area contributed by atoms with Crippen molar-refractivity contribution >= 4 is 68.5 Å². The Balaban J connectivity index is 1.82. The van der Waals surface area contributed by atoms with Gasteiger partial charge in [0.15, 0.2) is 5.11 Å². The minimum Gasteiger partial charge on any atom is -0.465 e. The molecule has 0 spiro atoms. The van der Waals surface area contributed by atoms with Crippen LogP contribution in [0.3, 0.4) is 0 Å². The second kappa shape index (κ2) is 7.27. The number of methoxy groups -OCH3 is 1. The van der Waals surface area contributed by atoms with Crippen molar-refractivity contribution in [3.8, 4) is 0 Å². The van der Waals surface area contributed by atoms with E-state index in [9.17, 15) is 4.79 Å². The van der Waals surface area contributed by atoms with Crippen LogP contribution in [0.5, 0.6) is 0 Å². The number of ether oxygens (including phenoxy) is 1. The van der Waals surface area contributed by atoms with E-state index in [4.69, 9.17) is 40.2 Å². The van der Waals surface area contributed by atoms with Crippen molar-refractivity contribution in [3.63, 3.8) is 0 Å². The third-order valence-electron chi connectivity index (χ3n) is 3.74. The van der Waals surface area contributed by atoms with Crippen molar-refractivity contribution in [1.29, 1.82) is 0 Å². The van der Waals surface area contributed by atoms with Gasteiger partial charge in [0.25, 0.3) is 0 Å². The molecule has 24 heavy (non-hydrogen) atoms. The minimum absolute atomic E-state index is 0.337. The number of esters is 1. The highest BCUT2D eigenvalue weighted by atomic mass is 35.5. The molecule has 4 nitrogen and oxygen atoms in total. The Labute approximate surface area is 159 Å². The number of carbonyl (C=O) groups is 1. The number of fused-ring (bicyclic) bond motifs is 1. The third kappa shape index (κ3) is 3.37. The Kier molecular flexibility index (Phi) is 5.30. The summed E-state index contributed by atoms with van der Waals surface area (Å²) in [6.45, 7) is 0. The SMILES string of the molecule is COC(=O)c1c(NC(=S)Nc2cccc(Cl)c2Cl)sc2c1CCC2. The second-order valence-corrected chi connectivity index (χ2v) is 7.53. The lowest BCUT2D eigenvalue weighted by Crippen LogP contribution is -2.20. The quantitative estimate of drug-likeness (QED) is 0.551. The number of benzene rings is 1. The van der Waals surface area contributed by atoms with Crippen LogP contribution in [0.15, 0.2) is 18.2 Å². The first-order valence-electron chi connectivity index (χ1n) is 7.26. The Morgan fingerprint density at radius 1 is 1.29 bits per heavy atom. The molecular formula is C16H14Cl2N2O2S2. The molecule has 1 aromatic heterocycles. The van der Waals surface area contributed by atoms with Crippen LogP contribution in [0.25, 0.3) is 0 Å². The van der Waals surface area contributed by atoms with Crippen LogP contribution < -0.4 is 10.6 Å². The summed E-state index contributed by atoms with van der Waals surface area (Å²) < 4.78 is 4.92. The Morgan fingerprint density at radius 3 is 2.83 bits per heavy atom. The third-order valence-corrected chi connectivity index (χ3v) is 5.97. The van der Waals surface area contributed by atoms with E-state index in [1.165, 1.54) is 12.0 Å². The summed E-state index contributed by atoms with van der Waals surface area (Å²) in [6, 6.07) is 5.25. The molecule has 0 aliphatic heterocycles. The summed E-state index contributed by atoms with van der Waals surface area (Å²) >= 11 is 19.0. The molecular weight excluding hydrogens is 387 g/mol. The molecule has 1 aromatic carbocycles. The van der Waals surface area contributed by atoms with E-state index in [-0.39, 0.29) is 5.97 Å². The van der Waals surface area contributed by atoms with Gasteiger partial charge in [-0.15, -0.1) is 11.3 Å². The number of carbonyl (C=O) groups excluding carboxylic acids is 1. The average molecular weight is 401 g/mol. The Morgan fingerprint density at radius 2 is 2.08 bits per heavy atom. The molecule has 2 aromatic rings. The number of thiophene rings is 1. The first-order chi connectivity index (χ1) is 11.5. The number of rotatable bonds is 3. The first kappa shape index (κ1) is 17.5. The molecule has 1 heterocycles. The number of hydrogen-bond donors (Lipinski definition) is 2. The van der Waals surface area contributed by atoms with Gasteiger partial charge in [0.2, 0.25) is 0 Å². The monoisotopic (exact) mass is 400 g/mol. The fraction of sp³-hybridized carbons (Fsp3) is 0.250. The molecule has 0 amide bonds. The van der Waals surface area contributed by atoms with Gasteiger partial charge in [-0.25, -0.2) is 4.79 Å². The number of halogens is 2. The number of aryl methyl sites for hydroxylation is 1. The van der Waals surface area contributed by atoms with Gasteiger partial charge in [-0.05, 0) is 49.2 Å². The maximum absolute atomic E-state index is 12.1. The molecule has 0 unspecified atom stereocenters. The van der Waals surface area contributed by atoms with Gasteiger partial charge in [-0.3, -0.25) is 0 Å². The van der Waals surface area contributed by atoms with E-state index in [1.54, 1.807) is 29.5 Å². The Hall–Kier alpha value is -1.34. The normalized spacial score (nSPS) is 12.6. The molecule has 3 rings (SSSR count). The lowest BCUT2D eigenvalue weighted by Gasteiger charge is -2.12. The van der Waals surface area contributed by atoms with Gasteiger partial charge in [0.1, 0.15) is 5.00 Å². The van der Waals surface area contributed by atoms with Crippen LogP contribution in [0.2, 0.25) is 10.0 Å². The molecule has 0 radical (unpaired) electrons. The molecule has 0 fully saturated rings. The van der Waals surface area contributed by atoms with Crippen molar-refractivity contribution in [3.05, 3.63) is 44.2 Å². The summed E-state index contributed by atoms with van der Waals surface area (Å²) in [4.78, 5) is 13.3. The smallest absolute Gasteiger partial charge is 0.341 e. The highest BCUT2D eigenvalue weighted by Crippen LogP contribution is 2.39. The molecule has 8 heteroatoms. The predicted octanol–water partition coefficient (Wildman–Crippen LogP) is 5.14. The van der Waals surface area contributed by atoms with Gasteiger partial charge in [0, 0.05) is 4.88 Å². The molecule has 2 N–H and O–H groups in total. The number of thiocarbonyl (C=S) groups is 1. The van der Waals surface area contributed by atoms with Gasteiger partial charge in [-0.2, -0.15) is 0 Å². The van der Waals surface area contributed by atoms with Gasteiger partial charge in [-0.1, -0.05) is 29.3 Å². The van der Waals surface area contributed by atoms with E-state index in [2.05, 4.69) is 10.6 Å². The van der Waals surface area contributed by atoms with Crippen LogP contribution in [0, 0.1) is 0 Å². The zero-order valence-corrected chi connectivity index (χ0v) is 15.9. The number of nitrogens with one attached hydrogen (secondary N) is 2. The standard InChI is InChI=1S/C16H14Cl2N2O2S2/c1-22-15(21)12-8-4-2-7-11(8)24-14(12)20-16(23)19-10-6-3-5-9(17)13(10)18/h3,5-6H,2,4,7H2,1H3,(H2,19,20,23). The summed E-state index contributed by atoms with van der Waals surface area (Å²) in [5.74, 6) is -0.347. The van der Waals surface area contributed by atoms with Crippen molar-refractivity contribution in [2.75, 3.05) is 17.7 Å². The van der Waals surface area contributed by atoms with Gasteiger partial charge in [0.05, 0.1) is 28.4 Å². The first-order valence-corrected chi connectivity index (χ1v) is 9.24. The average Bonchev–Trinajstić information content (AvgIpc) is 3.11. The topological polar surface area (TPSA) is 50.4 Å². The van der Waals surface area contributed by atoms with Gasteiger partial charge < -0.3 is 15.4 Å². The van der Waals surface area contributed by atoms with Crippen molar-refractivity contribution in [2.24, 2.45) is 0 Å². The minimum atomic E-state index is -0.347. The zero-order valence-electron chi connectivity index (χ0n) is 12.7. The van der Waals surface area contributed by atoms with Crippen molar-refractivity contribution in [1.82, 2.24) is 0 Å². The van der Waals surface area contributed by atoms with Crippen LogP contribution in [-0.4, -0.2) is 18.2 Å². The van der Waals surface area contributed by atoms with Crippen LogP contribution >= 0.6 is 46.8 Å². The molecule has 0 saturated carbocycles. The zero-order chi connectivity index (χ0) is 17.3. The lowest BCUT2D eigenvalue weighted by atomic mass is 10.1. The van der Waals surface area contributed by atoms with E-state index in [1.807, 2.05) is 0 Å². The van der Waals surface area contributed by atoms with E-state index in [0.717, 1.165) is 24.8 Å². The van der Waals surface area contributed by atoms with Crippen LogP contribution in [0.1, 0.15) is 27.2 Å². The fourth-order valence-corrected chi connectivity index (χ4v) is 4.57. The molecule has 1 aliphatic carbocycles. The summed E-state index contributed by atoms with van der Waals surface area (Å²) in [5, 5.41) is 7.96. The Bertz CT molecular complexity index is 821. The summed E-state index contributed by atoms with van der Waals surface area (Å²) in [6.07, 6.45) is 2.93. The number of hydrogen-bond acceptors (Lipinski definition) is 4. The molecule has 1 aliphatic rings. The van der Waals surface area contributed by atoms with Crippen LogP contribution in [0.4, 0.5) is 10.7 Å². The summed E-state index contributed by atoms with van der Waals surface area (Å²) in [7, 11) is 1.38. The molecule has 0 saturated heterocycles. The summed E-state index contributed by atoms with van der Waals surface area (Å²) in [5.41, 5.74) is 2.25. The maximum Gasteiger partial charge on any atom is 0.341 e. The van der Waals surface area contributed by atoms with E-state index >= 15 is 0 Å². The number of anilines is 2. The maximum atomic E-state index is 12.1. The predicted molar refractivity (Wildman–Crippen MR) is 104 cm³/mol. The highest BCUT2D eigenvalue weighted by molar-refractivity contribution is 7.80. The lowest BCUT2D eigenvalue weighted by molar-refractivity contribution is 0.0601. The second-order valence-electron chi connectivity index (χ2n) is 5.23. The van der Waals surface area contributed by atoms with E-state index < -0.39 is 0 Å². The highest BCUT2D eigenvalue weighted by Gasteiger charge is 2.27. The van der Waals surface area contributed by atoms with Crippen LogP contribution in [-0.2, 0) is 17.6 Å². The van der Waals surface area contributed by atoms with Gasteiger partial charge >= 0.3 is 5.97 Å². The molecule has 0 atom stereocenters. The fourth-order valence-electron chi connectivity index (χ4n) is 2.67. The largest absolute Gasteiger partial charge is 0.465 e. The molecule has 126 valence electrons. The van der Waals surface area contributed by atoms with Crippen molar-refractivity contribution < 1.29 is 9.53 Å².